The van der Waals surface area contributed by atoms with Crippen LogP contribution in [0, 0.1) is 5.92 Å². The van der Waals surface area contributed by atoms with E-state index in [0.29, 0.717) is 0 Å². The molecule has 20 heavy (non-hydrogen) atoms. The highest BCUT2D eigenvalue weighted by Gasteiger charge is 2.30. The molecule has 0 aliphatic heterocycles. The molecule has 1 atom stereocenters. The minimum atomic E-state index is 0.0675. The highest BCUT2D eigenvalue weighted by Crippen LogP contribution is 2.42. The van der Waals surface area contributed by atoms with Crippen LogP contribution in [0.25, 0.3) is 0 Å². The van der Waals surface area contributed by atoms with Crippen LogP contribution in [0.3, 0.4) is 0 Å². The predicted molar refractivity (Wildman–Crippen MR) is 81.6 cm³/mol. The lowest BCUT2D eigenvalue weighted by molar-refractivity contribution is 0.283. The second-order valence-electron chi connectivity index (χ2n) is 5.72. The lowest BCUT2D eigenvalue weighted by Gasteiger charge is -2.27. The summed E-state index contributed by atoms with van der Waals surface area (Å²) in [6.07, 6.45) is 15.0. The van der Waals surface area contributed by atoms with Gasteiger partial charge in [-0.25, -0.2) is 0 Å². The van der Waals surface area contributed by atoms with Gasteiger partial charge in [-0.2, -0.15) is 0 Å². The first-order valence-corrected chi connectivity index (χ1v) is 7.41. The molecule has 4 rings (SSSR count). The van der Waals surface area contributed by atoms with Gasteiger partial charge >= 0.3 is 0 Å². The monoisotopic (exact) mass is 262 g/mol. The Bertz CT molecular complexity index is 627. The van der Waals surface area contributed by atoms with Gasteiger partial charge in [-0.15, -0.1) is 0 Å². The van der Waals surface area contributed by atoms with Crippen molar-refractivity contribution in [3.05, 3.63) is 77.4 Å². The molecule has 1 aromatic carbocycles. The first-order chi connectivity index (χ1) is 9.90. The quantitative estimate of drug-likeness (QED) is 0.773. The van der Waals surface area contributed by atoms with Gasteiger partial charge < -0.3 is 4.74 Å². The number of rotatable bonds is 3. The van der Waals surface area contributed by atoms with E-state index >= 15 is 0 Å². The van der Waals surface area contributed by atoms with Crippen LogP contribution in [0.15, 0.2) is 77.4 Å². The minimum absolute atomic E-state index is 0.0675. The van der Waals surface area contributed by atoms with Crippen LogP contribution in [0.1, 0.15) is 19.3 Å². The van der Waals surface area contributed by atoms with Crippen LogP contribution in [-0.4, -0.2) is 6.10 Å². The number of hydrogen-bond acceptors (Lipinski definition) is 1. The maximum atomic E-state index is 6.21. The SMILES string of the molecule is C1=CCC2=CC(C3CC3)=CC(Oc3ccccc3)C2=C1. The molecule has 1 nitrogen and oxygen atoms in total. The van der Waals surface area contributed by atoms with Crippen molar-refractivity contribution in [3.63, 3.8) is 0 Å². The molecule has 0 bridgehead atoms. The molecule has 0 saturated heterocycles. The molecule has 0 amide bonds. The van der Waals surface area contributed by atoms with Crippen molar-refractivity contribution in [2.45, 2.75) is 25.4 Å². The molecule has 1 unspecified atom stereocenters. The van der Waals surface area contributed by atoms with Gasteiger partial charge in [0.2, 0.25) is 0 Å². The smallest absolute Gasteiger partial charge is 0.143 e. The van der Waals surface area contributed by atoms with Crippen LogP contribution in [-0.2, 0) is 0 Å². The summed E-state index contributed by atoms with van der Waals surface area (Å²) < 4.78 is 6.21. The molecular formula is C19H18O. The second-order valence-corrected chi connectivity index (χ2v) is 5.72. The maximum absolute atomic E-state index is 6.21. The van der Waals surface area contributed by atoms with Gasteiger partial charge in [-0.1, -0.05) is 42.5 Å². The summed E-state index contributed by atoms with van der Waals surface area (Å²) in [6, 6.07) is 10.1. The first-order valence-electron chi connectivity index (χ1n) is 7.41. The highest BCUT2D eigenvalue weighted by atomic mass is 16.5. The lowest BCUT2D eigenvalue weighted by atomic mass is 9.85. The fourth-order valence-electron chi connectivity index (χ4n) is 2.94. The van der Waals surface area contributed by atoms with Crippen LogP contribution < -0.4 is 4.74 Å². The average molecular weight is 262 g/mol. The summed E-state index contributed by atoms with van der Waals surface area (Å²) in [7, 11) is 0. The molecule has 0 N–H and O–H groups in total. The zero-order valence-electron chi connectivity index (χ0n) is 11.5. The molecule has 0 spiro atoms. The molecule has 0 aromatic heterocycles. The van der Waals surface area contributed by atoms with E-state index < -0.39 is 0 Å². The highest BCUT2D eigenvalue weighted by molar-refractivity contribution is 5.53. The van der Waals surface area contributed by atoms with Crippen molar-refractivity contribution < 1.29 is 4.74 Å². The number of benzene rings is 1. The molecular weight excluding hydrogens is 244 g/mol. The summed E-state index contributed by atoms with van der Waals surface area (Å²) in [6.45, 7) is 0. The Balaban J connectivity index is 1.66. The summed E-state index contributed by atoms with van der Waals surface area (Å²) >= 11 is 0. The third-order valence-corrected chi connectivity index (χ3v) is 4.17. The van der Waals surface area contributed by atoms with E-state index in [9.17, 15) is 0 Å². The minimum Gasteiger partial charge on any atom is -0.482 e. The van der Waals surface area contributed by atoms with Gasteiger partial charge in [0.05, 0.1) is 0 Å². The molecule has 1 heteroatoms. The van der Waals surface area contributed by atoms with Gasteiger partial charge in [-0.3, -0.25) is 0 Å². The zero-order valence-corrected chi connectivity index (χ0v) is 11.5. The van der Waals surface area contributed by atoms with Crippen molar-refractivity contribution >= 4 is 0 Å². The Labute approximate surface area is 120 Å². The largest absolute Gasteiger partial charge is 0.482 e. The van der Waals surface area contributed by atoms with Gasteiger partial charge in [0, 0.05) is 0 Å². The predicted octanol–water partition coefficient (Wildman–Crippen LogP) is 4.60. The molecule has 1 fully saturated rings. The van der Waals surface area contributed by atoms with Crippen molar-refractivity contribution in [2.75, 3.05) is 0 Å². The van der Waals surface area contributed by atoms with Gasteiger partial charge in [0.15, 0.2) is 0 Å². The normalized spacial score (nSPS) is 24.4. The van der Waals surface area contributed by atoms with Crippen molar-refractivity contribution in [3.8, 4) is 5.75 Å². The van der Waals surface area contributed by atoms with Crippen LogP contribution in [0.2, 0.25) is 0 Å². The van der Waals surface area contributed by atoms with E-state index in [-0.39, 0.29) is 6.10 Å². The van der Waals surface area contributed by atoms with Crippen molar-refractivity contribution in [1.82, 2.24) is 0 Å². The third-order valence-electron chi connectivity index (χ3n) is 4.17. The molecule has 1 saturated carbocycles. The Kier molecular flexibility index (Phi) is 2.84. The number of para-hydroxylation sites is 1. The van der Waals surface area contributed by atoms with Gasteiger partial charge in [-0.05, 0) is 60.1 Å². The molecule has 1 aromatic rings. The van der Waals surface area contributed by atoms with E-state index in [0.717, 1.165) is 18.1 Å². The first kappa shape index (κ1) is 11.8. The Morgan fingerprint density at radius 2 is 1.90 bits per heavy atom. The topological polar surface area (TPSA) is 9.23 Å². The number of hydrogen-bond donors (Lipinski definition) is 0. The zero-order chi connectivity index (χ0) is 13.4. The van der Waals surface area contributed by atoms with E-state index in [2.05, 4.69) is 30.4 Å². The number of allylic oxidation sites excluding steroid dienone is 5. The van der Waals surface area contributed by atoms with Crippen LogP contribution >= 0.6 is 0 Å². The van der Waals surface area contributed by atoms with E-state index in [1.54, 1.807) is 0 Å². The lowest BCUT2D eigenvalue weighted by Crippen LogP contribution is -2.22. The fourth-order valence-corrected chi connectivity index (χ4v) is 2.94. The standard InChI is InChI=1S/C19H18O/c1-2-7-17(8-3-1)20-19-13-16(14-10-11-14)12-15-6-4-5-9-18(15)19/h1-5,7-9,12-14,19H,6,10-11H2. The molecule has 3 aliphatic rings. The molecule has 0 radical (unpaired) electrons. The van der Waals surface area contributed by atoms with Crippen LogP contribution in [0.5, 0.6) is 5.75 Å². The fraction of sp³-hybridized carbons (Fsp3) is 0.263. The van der Waals surface area contributed by atoms with E-state index in [4.69, 9.17) is 4.74 Å². The summed E-state index contributed by atoms with van der Waals surface area (Å²) in [4.78, 5) is 0. The Hall–Kier alpha value is -2.02. The summed E-state index contributed by atoms with van der Waals surface area (Å²) in [5.41, 5.74) is 4.23. The summed E-state index contributed by atoms with van der Waals surface area (Å²) in [5, 5.41) is 0. The van der Waals surface area contributed by atoms with E-state index in [1.807, 2.05) is 30.3 Å². The number of fused-ring (bicyclic) bond motifs is 1. The third kappa shape index (κ3) is 2.24. The summed E-state index contributed by atoms with van der Waals surface area (Å²) in [5.74, 6) is 1.72. The Morgan fingerprint density at radius 1 is 1.05 bits per heavy atom. The van der Waals surface area contributed by atoms with Gasteiger partial charge in [0.1, 0.15) is 11.9 Å². The van der Waals surface area contributed by atoms with Gasteiger partial charge in [0.25, 0.3) is 0 Å². The van der Waals surface area contributed by atoms with E-state index in [1.165, 1.54) is 29.6 Å². The maximum Gasteiger partial charge on any atom is 0.143 e. The van der Waals surface area contributed by atoms with Crippen molar-refractivity contribution in [1.29, 1.82) is 0 Å². The molecule has 3 aliphatic carbocycles. The Morgan fingerprint density at radius 3 is 2.70 bits per heavy atom. The van der Waals surface area contributed by atoms with Crippen LogP contribution in [0.4, 0.5) is 0 Å². The second kappa shape index (κ2) is 4.82. The molecule has 100 valence electrons. The number of ether oxygens (including phenoxy) is 1. The molecule has 0 heterocycles. The average Bonchev–Trinajstić information content (AvgIpc) is 3.33. The van der Waals surface area contributed by atoms with Crippen molar-refractivity contribution in [2.24, 2.45) is 5.92 Å².